The first-order valence-electron chi connectivity index (χ1n) is 5.01. The summed E-state index contributed by atoms with van der Waals surface area (Å²) in [6, 6.07) is 0.440. The number of piperidine rings is 1. The molecule has 0 radical (unpaired) electrons. The Kier molecular flexibility index (Phi) is 3.31. The van der Waals surface area contributed by atoms with Gasteiger partial charge in [0.1, 0.15) is 0 Å². The van der Waals surface area contributed by atoms with Crippen LogP contribution < -0.4 is 0 Å². The minimum atomic E-state index is -0.626. The molecule has 0 saturated carbocycles. The van der Waals surface area contributed by atoms with Crippen LogP contribution in [0.1, 0.15) is 26.7 Å². The Labute approximate surface area is 79.7 Å². The van der Waals surface area contributed by atoms with Gasteiger partial charge >= 0.3 is 5.97 Å². The van der Waals surface area contributed by atoms with Crippen molar-refractivity contribution in [3.8, 4) is 0 Å². The summed E-state index contributed by atoms with van der Waals surface area (Å²) < 4.78 is 0. The summed E-state index contributed by atoms with van der Waals surface area (Å²) in [5.74, 6) is -0.485. The maximum Gasteiger partial charge on any atom is 0.306 e. The molecule has 0 aromatic carbocycles. The summed E-state index contributed by atoms with van der Waals surface area (Å²) in [6.07, 6.45) is 1.84. The molecule has 1 saturated heterocycles. The van der Waals surface area contributed by atoms with Crippen molar-refractivity contribution < 1.29 is 9.90 Å². The molecule has 1 aliphatic rings. The van der Waals surface area contributed by atoms with E-state index in [9.17, 15) is 4.79 Å². The zero-order chi connectivity index (χ0) is 10.0. The van der Waals surface area contributed by atoms with E-state index in [1.807, 2.05) is 0 Å². The molecule has 3 unspecified atom stereocenters. The predicted molar refractivity (Wildman–Crippen MR) is 51.6 cm³/mol. The van der Waals surface area contributed by atoms with Crippen LogP contribution in [0.2, 0.25) is 0 Å². The van der Waals surface area contributed by atoms with Crippen molar-refractivity contribution in [3.05, 3.63) is 0 Å². The van der Waals surface area contributed by atoms with Crippen LogP contribution in [0.3, 0.4) is 0 Å². The third-order valence-electron chi connectivity index (χ3n) is 3.34. The Balaban J connectivity index is 2.69. The standard InChI is InChI=1S/C10H19NO2/c1-4-9-7(2)8(10(12)13)5-6-11(9)3/h7-9H,4-6H2,1-3H3,(H,12,13). The second-order valence-electron chi connectivity index (χ2n) is 4.05. The van der Waals surface area contributed by atoms with Crippen molar-refractivity contribution in [1.82, 2.24) is 4.90 Å². The van der Waals surface area contributed by atoms with Gasteiger partial charge < -0.3 is 10.0 Å². The maximum atomic E-state index is 10.9. The Hall–Kier alpha value is -0.570. The molecule has 3 heteroatoms. The van der Waals surface area contributed by atoms with Crippen molar-refractivity contribution in [3.63, 3.8) is 0 Å². The van der Waals surface area contributed by atoms with Crippen LogP contribution >= 0.6 is 0 Å². The fourth-order valence-electron chi connectivity index (χ4n) is 2.47. The van der Waals surface area contributed by atoms with Gasteiger partial charge in [-0.15, -0.1) is 0 Å². The molecule has 0 amide bonds. The van der Waals surface area contributed by atoms with E-state index >= 15 is 0 Å². The van der Waals surface area contributed by atoms with Crippen molar-refractivity contribution in [2.45, 2.75) is 32.7 Å². The van der Waals surface area contributed by atoms with Crippen LogP contribution in [0.5, 0.6) is 0 Å². The fraction of sp³-hybridized carbons (Fsp3) is 0.900. The van der Waals surface area contributed by atoms with Gasteiger partial charge in [0, 0.05) is 6.04 Å². The average molecular weight is 185 g/mol. The molecule has 1 N–H and O–H groups in total. The summed E-state index contributed by atoms with van der Waals surface area (Å²) in [7, 11) is 2.09. The largest absolute Gasteiger partial charge is 0.481 e. The Morgan fingerprint density at radius 2 is 2.23 bits per heavy atom. The third-order valence-corrected chi connectivity index (χ3v) is 3.34. The highest BCUT2D eigenvalue weighted by Crippen LogP contribution is 2.29. The zero-order valence-electron chi connectivity index (χ0n) is 8.66. The van der Waals surface area contributed by atoms with E-state index in [1.54, 1.807) is 0 Å². The van der Waals surface area contributed by atoms with Gasteiger partial charge in [-0.1, -0.05) is 13.8 Å². The lowest BCUT2D eigenvalue weighted by Gasteiger charge is -2.40. The van der Waals surface area contributed by atoms with Gasteiger partial charge in [0.15, 0.2) is 0 Å². The summed E-state index contributed by atoms with van der Waals surface area (Å²) in [5.41, 5.74) is 0. The number of likely N-dealkylation sites (tertiary alicyclic amines) is 1. The molecule has 76 valence electrons. The first-order valence-corrected chi connectivity index (χ1v) is 5.01. The van der Waals surface area contributed by atoms with E-state index in [0.717, 1.165) is 19.4 Å². The topological polar surface area (TPSA) is 40.5 Å². The molecular formula is C10H19NO2. The summed E-state index contributed by atoms with van der Waals surface area (Å²) in [6.45, 7) is 5.10. The lowest BCUT2D eigenvalue weighted by atomic mass is 9.80. The Morgan fingerprint density at radius 3 is 2.69 bits per heavy atom. The van der Waals surface area contributed by atoms with E-state index < -0.39 is 5.97 Å². The molecule has 3 nitrogen and oxygen atoms in total. The van der Waals surface area contributed by atoms with E-state index in [4.69, 9.17) is 5.11 Å². The van der Waals surface area contributed by atoms with Crippen LogP contribution in [0.25, 0.3) is 0 Å². The van der Waals surface area contributed by atoms with Gasteiger partial charge in [-0.05, 0) is 32.4 Å². The number of nitrogens with zero attached hydrogens (tertiary/aromatic N) is 1. The quantitative estimate of drug-likeness (QED) is 0.707. The number of hydrogen-bond acceptors (Lipinski definition) is 2. The molecular weight excluding hydrogens is 166 g/mol. The van der Waals surface area contributed by atoms with Crippen LogP contribution in [-0.4, -0.2) is 35.6 Å². The Morgan fingerprint density at radius 1 is 1.62 bits per heavy atom. The molecule has 0 aromatic rings. The molecule has 1 fully saturated rings. The predicted octanol–water partition coefficient (Wildman–Crippen LogP) is 1.44. The lowest BCUT2D eigenvalue weighted by Crippen LogP contribution is -2.47. The van der Waals surface area contributed by atoms with Crippen LogP contribution in [-0.2, 0) is 4.79 Å². The van der Waals surface area contributed by atoms with E-state index in [1.165, 1.54) is 0 Å². The average Bonchev–Trinajstić information content (AvgIpc) is 2.04. The van der Waals surface area contributed by atoms with Crippen molar-refractivity contribution in [2.24, 2.45) is 11.8 Å². The maximum absolute atomic E-state index is 10.9. The minimum absolute atomic E-state index is 0.138. The van der Waals surface area contributed by atoms with Gasteiger partial charge in [-0.3, -0.25) is 4.79 Å². The zero-order valence-corrected chi connectivity index (χ0v) is 8.66. The van der Waals surface area contributed by atoms with E-state index in [-0.39, 0.29) is 11.8 Å². The molecule has 0 aliphatic carbocycles. The normalized spacial score (nSPS) is 36.1. The summed E-state index contributed by atoms with van der Waals surface area (Å²) in [5, 5.41) is 8.99. The highest BCUT2D eigenvalue weighted by atomic mass is 16.4. The van der Waals surface area contributed by atoms with Crippen LogP contribution in [0.15, 0.2) is 0 Å². The highest BCUT2D eigenvalue weighted by Gasteiger charge is 2.35. The molecule has 1 rings (SSSR count). The summed E-state index contributed by atoms with van der Waals surface area (Å²) in [4.78, 5) is 13.2. The molecule has 0 bridgehead atoms. The molecule has 0 aromatic heterocycles. The number of rotatable bonds is 2. The number of hydrogen-bond donors (Lipinski definition) is 1. The van der Waals surface area contributed by atoms with Crippen LogP contribution in [0.4, 0.5) is 0 Å². The third kappa shape index (κ3) is 2.02. The minimum Gasteiger partial charge on any atom is -0.481 e. The number of carbonyl (C=O) groups is 1. The second-order valence-corrected chi connectivity index (χ2v) is 4.05. The Bertz CT molecular complexity index is 193. The monoisotopic (exact) mass is 185 g/mol. The van der Waals surface area contributed by atoms with Crippen LogP contribution in [0, 0.1) is 11.8 Å². The smallest absolute Gasteiger partial charge is 0.306 e. The molecule has 3 atom stereocenters. The lowest BCUT2D eigenvalue weighted by molar-refractivity contribution is -0.146. The van der Waals surface area contributed by atoms with Crippen molar-refractivity contribution >= 4 is 5.97 Å². The highest BCUT2D eigenvalue weighted by molar-refractivity contribution is 5.70. The fourth-order valence-corrected chi connectivity index (χ4v) is 2.47. The van der Waals surface area contributed by atoms with E-state index in [0.29, 0.717) is 6.04 Å². The number of carboxylic acid groups (broad SMARTS) is 1. The molecule has 1 heterocycles. The first kappa shape index (κ1) is 10.5. The number of carboxylic acids is 1. The molecule has 0 spiro atoms. The number of aliphatic carboxylic acids is 1. The van der Waals surface area contributed by atoms with Gasteiger partial charge in [0.25, 0.3) is 0 Å². The van der Waals surface area contributed by atoms with E-state index in [2.05, 4.69) is 25.8 Å². The summed E-state index contributed by atoms with van der Waals surface area (Å²) >= 11 is 0. The second kappa shape index (κ2) is 4.09. The van der Waals surface area contributed by atoms with Gasteiger partial charge in [-0.25, -0.2) is 0 Å². The SMILES string of the molecule is CCC1C(C)C(C(=O)O)CCN1C. The van der Waals surface area contributed by atoms with Gasteiger partial charge in [0.05, 0.1) is 5.92 Å². The molecule has 13 heavy (non-hydrogen) atoms. The van der Waals surface area contributed by atoms with Crippen molar-refractivity contribution in [1.29, 1.82) is 0 Å². The van der Waals surface area contributed by atoms with Crippen molar-refractivity contribution in [2.75, 3.05) is 13.6 Å². The van der Waals surface area contributed by atoms with Gasteiger partial charge in [-0.2, -0.15) is 0 Å². The first-order chi connectivity index (χ1) is 6.07. The van der Waals surface area contributed by atoms with Gasteiger partial charge in [0.2, 0.25) is 0 Å². The molecule has 1 aliphatic heterocycles.